The first-order valence-electron chi connectivity index (χ1n) is 3.78. The summed E-state index contributed by atoms with van der Waals surface area (Å²) in [5.74, 6) is 0.0335. The number of aromatic nitrogens is 1. The predicted octanol–water partition coefficient (Wildman–Crippen LogP) is 0.213. The summed E-state index contributed by atoms with van der Waals surface area (Å²) >= 11 is 0. The summed E-state index contributed by atoms with van der Waals surface area (Å²) < 4.78 is 1.86. The molecule has 0 aliphatic heterocycles. The third-order valence-electron chi connectivity index (χ3n) is 1.59. The molecule has 1 heterocycles. The van der Waals surface area contributed by atoms with Gasteiger partial charge in [-0.25, -0.2) is 4.57 Å². The molecule has 0 N–H and O–H groups in total. The molecule has 0 bridgehead atoms. The van der Waals surface area contributed by atoms with Gasteiger partial charge in [-0.05, 0) is 6.07 Å². The van der Waals surface area contributed by atoms with Crippen LogP contribution < -0.4 is 4.57 Å². The highest BCUT2D eigenvalue weighted by Gasteiger charge is 2.09. The van der Waals surface area contributed by atoms with Crippen molar-refractivity contribution < 1.29 is 9.36 Å². The van der Waals surface area contributed by atoms with Gasteiger partial charge in [-0.3, -0.25) is 4.79 Å². The Bertz CT molecular complexity index is 294. The van der Waals surface area contributed by atoms with Crippen LogP contribution in [0.4, 0.5) is 0 Å². The fourth-order valence-corrected chi connectivity index (χ4v) is 0.973. The van der Waals surface area contributed by atoms with Gasteiger partial charge >= 0.3 is 0 Å². The van der Waals surface area contributed by atoms with E-state index in [1.54, 1.807) is 19.0 Å². The second kappa shape index (κ2) is 3.34. The second-order valence-corrected chi connectivity index (χ2v) is 2.96. The van der Waals surface area contributed by atoms with E-state index in [0.717, 1.165) is 0 Å². The number of pyridine rings is 1. The van der Waals surface area contributed by atoms with Crippen molar-refractivity contribution in [2.24, 2.45) is 7.05 Å². The number of carbonyl (C=O) groups excluding carboxylic acids is 1. The largest absolute Gasteiger partial charge is 0.345 e. The summed E-state index contributed by atoms with van der Waals surface area (Å²) in [7, 11) is 5.39. The Labute approximate surface area is 72.2 Å². The van der Waals surface area contributed by atoms with Gasteiger partial charge in [0.25, 0.3) is 5.91 Å². The SMILES string of the molecule is CN(C)C(=O)c1ccc[n+](C)c1. The van der Waals surface area contributed by atoms with Gasteiger partial charge in [0.2, 0.25) is 0 Å². The average molecular weight is 165 g/mol. The maximum atomic E-state index is 11.4. The lowest BCUT2D eigenvalue weighted by Gasteiger charge is -2.07. The first-order chi connectivity index (χ1) is 5.61. The highest BCUT2D eigenvalue weighted by atomic mass is 16.2. The molecule has 64 valence electrons. The van der Waals surface area contributed by atoms with E-state index in [-0.39, 0.29) is 5.91 Å². The van der Waals surface area contributed by atoms with Crippen LogP contribution in [0.15, 0.2) is 24.5 Å². The van der Waals surface area contributed by atoms with Gasteiger partial charge in [-0.1, -0.05) is 0 Å². The maximum Gasteiger partial charge on any atom is 0.259 e. The molecule has 0 fully saturated rings. The second-order valence-electron chi connectivity index (χ2n) is 2.96. The highest BCUT2D eigenvalue weighted by Crippen LogP contribution is 1.97. The molecule has 1 aromatic heterocycles. The Morgan fingerprint density at radius 2 is 2.17 bits per heavy atom. The minimum absolute atomic E-state index is 0.0335. The summed E-state index contributed by atoms with van der Waals surface area (Å²) in [5, 5.41) is 0. The first-order valence-corrected chi connectivity index (χ1v) is 3.78. The number of amides is 1. The van der Waals surface area contributed by atoms with Crippen LogP contribution in [0.1, 0.15) is 10.4 Å². The molecule has 0 saturated carbocycles. The average Bonchev–Trinajstić information content (AvgIpc) is 2.03. The molecule has 1 amide bonds. The molecule has 0 radical (unpaired) electrons. The van der Waals surface area contributed by atoms with Gasteiger partial charge < -0.3 is 4.90 Å². The molecule has 1 rings (SSSR count). The number of hydrogen-bond acceptors (Lipinski definition) is 1. The first kappa shape index (κ1) is 8.71. The summed E-state index contributed by atoms with van der Waals surface area (Å²) in [6, 6.07) is 3.67. The molecule has 3 nitrogen and oxygen atoms in total. The van der Waals surface area contributed by atoms with E-state index in [1.807, 2.05) is 36.1 Å². The van der Waals surface area contributed by atoms with Crippen molar-refractivity contribution in [3.8, 4) is 0 Å². The molecule has 3 heteroatoms. The standard InChI is InChI=1S/C9H13N2O/c1-10(2)9(12)8-5-4-6-11(3)7-8/h4-7H,1-3H3/q+1. The molecule has 0 aliphatic carbocycles. The van der Waals surface area contributed by atoms with Gasteiger partial charge in [0.05, 0.1) is 0 Å². The molecular weight excluding hydrogens is 152 g/mol. The number of aryl methyl sites for hydroxylation is 1. The third kappa shape index (κ3) is 1.81. The normalized spacial score (nSPS) is 9.58. The van der Waals surface area contributed by atoms with E-state index in [4.69, 9.17) is 0 Å². The van der Waals surface area contributed by atoms with Gasteiger partial charge in [0.1, 0.15) is 12.6 Å². The lowest BCUT2D eigenvalue weighted by molar-refractivity contribution is -0.671. The molecule has 0 unspecified atom stereocenters. The monoisotopic (exact) mass is 165 g/mol. The number of carbonyl (C=O) groups is 1. The summed E-state index contributed by atoms with van der Waals surface area (Å²) in [5.41, 5.74) is 0.713. The minimum Gasteiger partial charge on any atom is -0.345 e. The lowest BCUT2D eigenvalue weighted by atomic mass is 10.2. The molecule has 0 saturated heterocycles. The minimum atomic E-state index is 0.0335. The Balaban J connectivity index is 2.96. The zero-order valence-corrected chi connectivity index (χ0v) is 7.61. The van der Waals surface area contributed by atoms with Crippen molar-refractivity contribution >= 4 is 5.91 Å². The lowest BCUT2D eigenvalue weighted by Crippen LogP contribution is -2.30. The van der Waals surface area contributed by atoms with E-state index >= 15 is 0 Å². The quantitative estimate of drug-likeness (QED) is 0.546. The van der Waals surface area contributed by atoms with Gasteiger partial charge in [-0.15, -0.1) is 0 Å². The molecule has 0 aliphatic rings. The van der Waals surface area contributed by atoms with Crippen LogP contribution in [0.2, 0.25) is 0 Å². The topological polar surface area (TPSA) is 24.2 Å². The molecule has 12 heavy (non-hydrogen) atoms. The predicted molar refractivity (Wildman–Crippen MR) is 45.6 cm³/mol. The Morgan fingerprint density at radius 1 is 1.50 bits per heavy atom. The van der Waals surface area contributed by atoms with Crippen molar-refractivity contribution in [3.05, 3.63) is 30.1 Å². The van der Waals surface area contributed by atoms with Crippen LogP contribution in [-0.4, -0.2) is 24.9 Å². The zero-order valence-electron chi connectivity index (χ0n) is 7.61. The van der Waals surface area contributed by atoms with Gasteiger partial charge in [0, 0.05) is 20.2 Å². The van der Waals surface area contributed by atoms with E-state index in [1.165, 1.54) is 0 Å². The van der Waals surface area contributed by atoms with Crippen LogP contribution >= 0.6 is 0 Å². The Morgan fingerprint density at radius 3 is 2.67 bits per heavy atom. The smallest absolute Gasteiger partial charge is 0.259 e. The third-order valence-corrected chi connectivity index (χ3v) is 1.59. The van der Waals surface area contributed by atoms with Gasteiger partial charge in [-0.2, -0.15) is 0 Å². The zero-order chi connectivity index (χ0) is 9.14. The van der Waals surface area contributed by atoms with E-state index in [2.05, 4.69) is 0 Å². The van der Waals surface area contributed by atoms with E-state index in [9.17, 15) is 4.79 Å². The van der Waals surface area contributed by atoms with Crippen molar-refractivity contribution in [2.45, 2.75) is 0 Å². The summed E-state index contributed by atoms with van der Waals surface area (Å²) in [4.78, 5) is 13.0. The molecule has 0 aromatic carbocycles. The van der Waals surface area contributed by atoms with Crippen LogP contribution in [-0.2, 0) is 7.05 Å². The summed E-state index contributed by atoms with van der Waals surface area (Å²) in [6.45, 7) is 0. The Kier molecular flexibility index (Phi) is 2.43. The molecule has 0 spiro atoms. The number of nitrogens with zero attached hydrogens (tertiary/aromatic N) is 2. The van der Waals surface area contributed by atoms with E-state index in [0.29, 0.717) is 5.56 Å². The Hall–Kier alpha value is -1.38. The number of rotatable bonds is 1. The highest BCUT2D eigenvalue weighted by molar-refractivity contribution is 5.93. The van der Waals surface area contributed by atoms with Gasteiger partial charge in [0.15, 0.2) is 12.4 Å². The molecular formula is C9H13N2O+. The van der Waals surface area contributed by atoms with Crippen LogP contribution in [0.5, 0.6) is 0 Å². The van der Waals surface area contributed by atoms with Crippen molar-refractivity contribution in [1.29, 1.82) is 0 Å². The van der Waals surface area contributed by atoms with Crippen LogP contribution in [0, 0.1) is 0 Å². The number of hydrogen-bond donors (Lipinski definition) is 0. The fourth-order valence-electron chi connectivity index (χ4n) is 0.973. The van der Waals surface area contributed by atoms with E-state index < -0.39 is 0 Å². The summed E-state index contributed by atoms with van der Waals surface area (Å²) in [6.07, 6.45) is 3.70. The maximum absolute atomic E-state index is 11.4. The van der Waals surface area contributed by atoms with Crippen molar-refractivity contribution in [3.63, 3.8) is 0 Å². The van der Waals surface area contributed by atoms with Crippen molar-refractivity contribution in [2.75, 3.05) is 14.1 Å². The van der Waals surface area contributed by atoms with Crippen LogP contribution in [0.3, 0.4) is 0 Å². The van der Waals surface area contributed by atoms with Crippen molar-refractivity contribution in [1.82, 2.24) is 4.90 Å². The molecule has 0 atom stereocenters. The van der Waals surface area contributed by atoms with Crippen LogP contribution in [0.25, 0.3) is 0 Å². The fraction of sp³-hybridized carbons (Fsp3) is 0.333. The molecule has 1 aromatic rings.